The number of carbonyl (C=O) groups is 1. The van der Waals surface area contributed by atoms with Gasteiger partial charge < -0.3 is 10.1 Å². The fourth-order valence-electron chi connectivity index (χ4n) is 3.02. The average Bonchev–Trinajstić information content (AvgIpc) is 2.77. The Bertz CT molecular complexity index is 1240. The lowest BCUT2D eigenvalue weighted by molar-refractivity contribution is -0.117. The van der Waals surface area contributed by atoms with E-state index in [0.717, 1.165) is 12.1 Å². The summed E-state index contributed by atoms with van der Waals surface area (Å²) >= 11 is 6.11. The summed E-state index contributed by atoms with van der Waals surface area (Å²) in [5.41, 5.74) is 0.396. The van der Waals surface area contributed by atoms with Crippen molar-refractivity contribution in [3.63, 3.8) is 0 Å². The van der Waals surface area contributed by atoms with E-state index >= 15 is 0 Å². The number of rotatable bonds is 9. The molecule has 0 unspecified atom stereocenters. The number of carbonyl (C=O) groups excluding carboxylic acids is 1. The first kappa shape index (κ1) is 24.6. The molecule has 0 saturated heterocycles. The molecule has 0 aliphatic heterocycles. The molecule has 0 radical (unpaired) electrons. The minimum Gasteiger partial charge on any atom is -0.492 e. The van der Waals surface area contributed by atoms with Gasteiger partial charge in [0, 0.05) is 6.07 Å². The maximum atomic E-state index is 14.0. The van der Waals surface area contributed by atoms with Gasteiger partial charge in [0.2, 0.25) is 15.9 Å². The van der Waals surface area contributed by atoms with E-state index in [9.17, 15) is 22.0 Å². The van der Waals surface area contributed by atoms with Crippen LogP contribution in [0.5, 0.6) is 5.75 Å². The van der Waals surface area contributed by atoms with Crippen molar-refractivity contribution < 1.29 is 26.7 Å². The fraction of sp³-hybridized carbons (Fsp3) is 0.174. The number of amides is 1. The smallest absolute Gasteiger partial charge is 0.242 e. The molecule has 6 nitrogen and oxygen atoms in total. The molecule has 10 heteroatoms. The Morgan fingerprint density at radius 3 is 2.42 bits per heavy atom. The summed E-state index contributed by atoms with van der Waals surface area (Å²) in [6, 6.07) is 14.0. The third-order valence-corrected chi connectivity index (χ3v) is 6.36. The Kier molecular flexibility index (Phi) is 8.01. The third-order valence-electron chi connectivity index (χ3n) is 4.60. The van der Waals surface area contributed by atoms with Gasteiger partial charge in [-0.25, -0.2) is 17.2 Å². The summed E-state index contributed by atoms with van der Waals surface area (Å²) in [6.07, 6.45) is -0.0144. The van der Waals surface area contributed by atoms with Gasteiger partial charge in [-0.3, -0.25) is 4.79 Å². The Morgan fingerprint density at radius 2 is 1.79 bits per heavy atom. The molecule has 2 N–H and O–H groups in total. The topological polar surface area (TPSA) is 84.5 Å². The van der Waals surface area contributed by atoms with Crippen LogP contribution in [0, 0.1) is 11.6 Å². The number of hydrogen-bond acceptors (Lipinski definition) is 4. The summed E-state index contributed by atoms with van der Waals surface area (Å²) in [6.45, 7) is 2.11. The van der Waals surface area contributed by atoms with Gasteiger partial charge in [-0.05, 0) is 49.2 Å². The van der Waals surface area contributed by atoms with Crippen LogP contribution in [-0.4, -0.2) is 27.0 Å². The van der Waals surface area contributed by atoms with Crippen LogP contribution in [0.1, 0.15) is 12.5 Å². The van der Waals surface area contributed by atoms with Crippen molar-refractivity contribution in [1.82, 2.24) is 4.72 Å². The number of sulfonamides is 1. The summed E-state index contributed by atoms with van der Waals surface area (Å²) in [4.78, 5) is 12.8. The molecule has 0 heterocycles. The highest BCUT2D eigenvalue weighted by atomic mass is 35.5. The van der Waals surface area contributed by atoms with E-state index < -0.39 is 33.6 Å². The van der Waals surface area contributed by atoms with Gasteiger partial charge in [0.1, 0.15) is 23.4 Å². The highest BCUT2D eigenvalue weighted by Crippen LogP contribution is 2.27. The quantitative estimate of drug-likeness (QED) is 0.457. The van der Waals surface area contributed by atoms with Gasteiger partial charge >= 0.3 is 0 Å². The van der Waals surface area contributed by atoms with Crippen LogP contribution in [0.2, 0.25) is 5.02 Å². The summed E-state index contributed by atoms with van der Waals surface area (Å²) in [5, 5.41) is 2.41. The fourth-order valence-corrected chi connectivity index (χ4v) is 4.55. The average molecular weight is 495 g/mol. The second-order valence-electron chi connectivity index (χ2n) is 7.00. The van der Waals surface area contributed by atoms with E-state index in [1.54, 1.807) is 37.3 Å². The predicted molar refractivity (Wildman–Crippen MR) is 122 cm³/mol. The lowest BCUT2D eigenvalue weighted by Crippen LogP contribution is -2.45. The molecule has 0 aliphatic carbocycles. The normalized spacial score (nSPS) is 12.2. The Hall–Kier alpha value is -3.01. The molecule has 0 bridgehead atoms. The lowest BCUT2D eigenvalue weighted by atomic mass is 10.1. The van der Waals surface area contributed by atoms with Crippen LogP contribution in [-0.2, 0) is 21.2 Å². The molecule has 1 amide bonds. The van der Waals surface area contributed by atoms with Gasteiger partial charge in [0.05, 0.1) is 22.2 Å². The van der Waals surface area contributed by atoms with Gasteiger partial charge in [-0.15, -0.1) is 0 Å². The third kappa shape index (κ3) is 6.50. The predicted octanol–water partition coefficient (Wildman–Crippen LogP) is 4.55. The van der Waals surface area contributed by atoms with Crippen LogP contribution < -0.4 is 14.8 Å². The van der Waals surface area contributed by atoms with Crippen LogP contribution >= 0.6 is 11.6 Å². The minimum absolute atomic E-state index is 0.0144. The highest BCUT2D eigenvalue weighted by molar-refractivity contribution is 7.89. The van der Waals surface area contributed by atoms with Crippen molar-refractivity contribution in [3.05, 3.63) is 89.0 Å². The number of benzene rings is 3. The molecule has 3 rings (SSSR count). The van der Waals surface area contributed by atoms with Gasteiger partial charge in [0.25, 0.3) is 0 Å². The SMILES string of the molecule is CCOc1ccc(S(=O)(=O)N[C@@H](Cc2ccccc2)C(=O)Nc2ccc(F)cc2F)cc1Cl. The first-order chi connectivity index (χ1) is 15.7. The summed E-state index contributed by atoms with van der Waals surface area (Å²) in [5.74, 6) is -2.28. The van der Waals surface area contributed by atoms with Gasteiger partial charge in [0.15, 0.2) is 0 Å². The monoisotopic (exact) mass is 494 g/mol. The van der Waals surface area contributed by atoms with Crippen LogP contribution in [0.3, 0.4) is 0 Å². The molecule has 0 aromatic heterocycles. The molecule has 33 heavy (non-hydrogen) atoms. The first-order valence-corrected chi connectivity index (χ1v) is 11.8. The highest BCUT2D eigenvalue weighted by Gasteiger charge is 2.27. The number of ether oxygens (including phenoxy) is 1. The molecule has 174 valence electrons. The molecule has 0 fully saturated rings. The van der Waals surface area contributed by atoms with Gasteiger partial charge in [-0.1, -0.05) is 41.9 Å². The second kappa shape index (κ2) is 10.7. The van der Waals surface area contributed by atoms with Crippen molar-refractivity contribution in [3.8, 4) is 5.75 Å². The molecule has 3 aromatic rings. The summed E-state index contributed by atoms with van der Waals surface area (Å²) < 4.78 is 60.9. The molecular weight excluding hydrogens is 474 g/mol. The molecule has 0 aliphatic rings. The van der Waals surface area contributed by atoms with E-state index in [2.05, 4.69) is 10.0 Å². The van der Waals surface area contributed by atoms with Crippen LogP contribution in [0.25, 0.3) is 0 Å². The maximum absolute atomic E-state index is 14.0. The number of hydrogen-bond donors (Lipinski definition) is 2. The van der Waals surface area contributed by atoms with Crippen LogP contribution in [0.4, 0.5) is 14.5 Å². The summed E-state index contributed by atoms with van der Waals surface area (Å²) in [7, 11) is -4.19. The van der Waals surface area contributed by atoms with Crippen molar-refractivity contribution in [2.45, 2.75) is 24.3 Å². The van der Waals surface area contributed by atoms with Crippen LogP contribution in [0.15, 0.2) is 71.6 Å². The Balaban J connectivity index is 1.88. The Labute approximate surface area is 195 Å². The van der Waals surface area contributed by atoms with E-state index in [4.69, 9.17) is 16.3 Å². The number of nitrogens with one attached hydrogen (secondary N) is 2. The van der Waals surface area contributed by atoms with Crippen molar-refractivity contribution in [1.29, 1.82) is 0 Å². The largest absolute Gasteiger partial charge is 0.492 e. The zero-order valence-corrected chi connectivity index (χ0v) is 19.1. The lowest BCUT2D eigenvalue weighted by Gasteiger charge is -2.19. The van der Waals surface area contributed by atoms with Gasteiger partial charge in [-0.2, -0.15) is 4.72 Å². The molecular formula is C23H21ClF2N2O4S. The van der Waals surface area contributed by atoms with E-state index in [1.165, 1.54) is 18.2 Å². The van der Waals surface area contributed by atoms with Crippen molar-refractivity contribution in [2.75, 3.05) is 11.9 Å². The molecule has 0 spiro atoms. The first-order valence-electron chi connectivity index (χ1n) is 9.94. The van der Waals surface area contributed by atoms with Crippen molar-refractivity contribution in [2.24, 2.45) is 0 Å². The Morgan fingerprint density at radius 1 is 1.06 bits per heavy atom. The van der Waals surface area contributed by atoms with Crippen molar-refractivity contribution >= 4 is 33.2 Å². The van der Waals surface area contributed by atoms with E-state index in [0.29, 0.717) is 24.0 Å². The molecule has 1 atom stereocenters. The van der Waals surface area contributed by atoms with E-state index in [1.807, 2.05) is 0 Å². The maximum Gasteiger partial charge on any atom is 0.242 e. The minimum atomic E-state index is -4.19. The zero-order chi connectivity index (χ0) is 24.0. The standard InChI is InChI=1S/C23H21ClF2N2O4S/c1-2-32-22-11-9-17(14-18(22)24)33(30,31)28-21(12-15-6-4-3-5-7-15)23(29)27-20-10-8-16(25)13-19(20)26/h3-11,13-14,21,28H,2,12H2,1H3,(H,27,29)/t21-/m0/s1. The zero-order valence-electron chi connectivity index (χ0n) is 17.5. The number of halogens is 3. The molecule has 0 saturated carbocycles. The van der Waals surface area contributed by atoms with E-state index in [-0.39, 0.29) is 22.0 Å². The molecule has 3 aromatic carbocycles. The number of anilines is 1. The second-order valence-corrected chi connectivity index (χ2v) is 9.12.